The van der Waals surface area contributed by atoms with Gasteiger partial charge in [-0.2, -0.15) is 4.39 Å². The van der Waals surface area contributed by atoms with Crippen molar-refractivity contribution < 1.29 is 32.5 Å². The molecule has 2 atom stereocenters. The molecule has 7 nitrogen and oxygen atoms in total. The lowest BCUT2D eigenvalue weighted by Crippen LogP contribution is -2.32. The lowest BCUT2D eigenvalue weighted by Gasteiger charge is -2.36. The maximum Gasteiger partial charge on any atom is 0.303 e. The van der Waals surface area contributed by atoms with Gasteiger partial charge in [0.2, 0.25) is 5.82 Å². The Morgan fingerprint density at radius 2 is 2.02 bits per heavy atom. The Labute approximate surface area is 249 Å². The third-order valence-corrected chi connectivity index (χ3v) is 8.91. The van der Waals surface area contributed by atoms with Gasteiger partial charge in [-0.3, -0.25) is 4.79 Å². The molecule has 222 valence electrons. The van der Waals surface area contributed by atoms with Crippen LogP contribution < -0.4 is 9.47 Å². The third-order valence-electron chi connectivity index (χ3n) is 8.10. The van der Waals surface area contributed by atoms with Crippen molar-refractivity contribution in [3.05, 3.63) is 89.1 Å². The molecule has 5 aromatic rings. The van der Waals surface area contributed by atoms with Crippen molar-refractivity contribution >= 4 is 28.6 Å². The molecule has 0 fully saturated rings. The molecule has 0 aliphatic carbocycles. The van der Waals surface area contributed by atoms with E-state index in [1.165, 1.54) is 36.2 Å². The zero-order valence-electron chi connectivity index (χ0n) is 23.6. The summed E-state index contributed by atoms with van der Waals surface area (Å²) >= 11 is 1.21. The average Bonchev–Trinajstić information content (AvgIpc) is 3.68. The number of imidazole rings is 1. The highest BCUT2D eigenvalue weighted by molar-refractivity contribution is 7.99. The first-order chi connectivity index (χ1) is 20.6. The molecule has 1 aliphatic rings. The number of hydrogen-bond donors (Lipinski definition) is 3. The maximum absolute atomic E-state index is 15.2. The summed E-state index contributed by atoms with van der Waals surface area (Å²) in [5, 5.41) is 9.80. The molecule has 2 aromatic heterocycles. The summed E-state index contributed by atoms with van der Waals surface area (Å²) in [6, 6.07) is 11.3. The van der Waals surface area contributed by atoms with Crippen LogP contribution in [0.2, 0.25) is 0 Å². The second-order valence-electron chi connectivity index (χ2n) is 10.8. The lowest BCUT2D eigenvalue weighted by molar-refractivity contribution is -0.137. The van der Waals surface area contributed by atoms with Gasteiger partial charge in [0, 0.05) is 34.5 Å². The Hall–Kier alpha value is -4.38. The van der Waals surface area contributed by atoms with E-state index in [9.17, 15) is 14.3 Å². The van der Waals surface area contributed by atoms with Crippen LogP contribution in [-0.4, -0.2) is 38.9 Å². The van der Waals surface area contributed by atoms with Crippen LogP contribution in [-0.2, 0) is 10.2 Å². The monoisotopic (exact) mass is 607 g/mol. The van der Waals surface area contributed by atoms with Crippen molar-refractivity contribution in [2.75, 3.05) is 12.9 Å². The Kier molecular flexibility index (Phi) is 7.37. The van der Waals surface area contributed by atoms with E-state index in [2.05, 4.69) is 15.0 Å². The molecule has 3 heterocycles. The minimum Gasteiger partial charge on any atom is -0.493 e. The number of aromatic nitrogens is 3. The largest absolute Gasteiger partial charge is 0.493 e. The highest BCUT2D eigenvalue weighted by Gasteiger charge is 2.38. The zero-order valence-corrected chi connectivity index (χ0v) is 24.4. The van der Waals surface area contributed by atoms with Crippen molar-refractivity contribution in [2.24, 2.45) is 0 Å². The van der Waals surface area contributed by atoms with Gasteiger partial charge < -0.3 is 24.5 Å². The zero-order chi connectivity index (χ0) is 30.5. The van der Waals surface area contributed by atoms with Crippen LogP contribution in [0.15, 0.2) is 59.8 Å². The first-order valence-electron chi connectivity index (χ1n) is 13.7. The summed E-state index contributed by atoms with van der Waals surface area (Å²) in [5.74, 6) is -3.21. The molecule has 3 aromatic carbocycles. The van der Waals surface area contributed by atoms with Gasteiger partial charge in [-0.15, -0.1) is 11.8 Å². The van der Waals surface area contributed by atoms with Gasteiger partial charge in [0.05, 0.1) is 29.0 Å². The number of thioether (sulfide) groups is 1. The predicted molar refractivity (Wildman–Crippen MR) is 158 cm³/mol. The van der Waals surface area contributed by atoms with E-state index < -0.39 is 28.8 Å². The minimum atomic E-state index is -1.14. The van der Waals surface area contributed by atoms with E-state index in [0.29, 0.717) is 29.1 Å². The Morgan fingerprint density at radius 1 is 1.21 bits per heavy atom. The predicted octanol–water partition coefficient (Wildman–Crippen LogP) is 8.16. The molecule has 6 rings (SSSR count). The van der Waals surface area contributed by atoms with Crippen LogP contribution in [0, 0.1) is 17.5 Å². The molecule has 0 unspecified atom stereocenters. The van der Waals surface area contributed by atoms with E-state index in [4.69, 9.17) is 9.47 Å². The van der Waals surface area contributed by atoms with Gasteiger partial charge in [-0.25, -0.2) is 13.8 Å². The summed E-state index contributed by atoms with van der Waals surface area (Å²) < 4.78 is 56.9. The van der Waals surface area contributed by atoms with Gasteiger partial charge in [-0.1, -0.05) is 25.1 Å². The van der Waals surface area contributed by atoms with Crippen molar-refractivity contribution in [3.8, 4) is 28.6 Å². The number of carboxylic acid groups (broad SMARTS) is 1. The molecular weight excluding hydrogens is 579 g/mol. The number of para-hydroxylation sites is 1. The normalized spacial score (nSPS) is 17.0. The van der Waals surface area contributed by atoms with E-state index in [1.54, 1.807) is 18.5 Å². The molecular formula is C32H28F3N3O4S. The molecule has 0 amide bonds. The summed E-state index contributed by atoms with van der Waals surface area (Å²) in [6.07, 6.45) is 5.48. The standard InChI is InChI=1S/C32H28F3N3O4S/c1-16(13-24(39)40)18-5-4-6-21-28(18)41-12-10-32(21,2)23-15-37-31(38-23)20-14-17(7-8-22(20)33)42-29-26(35)25(34)27-19(9-11-36-27)30(29)43-3/h4-9,11,14-16,36H,10,12-13H2,1-3H3,(H,37,38)(H,39,40)/t16-,32-/m1/s1. The number of fused-ring (bicyclic) bond motifs is 2. The maximum atomic E-state index is 15.2. The number of carbonyl (C=O) groups is 1. The number of carboxylic acids is 1. The van der Waals surface area contributed by atoms with Crippen LogP contribution in [0.25, 0.3) is 22.3 Å². The van der Waals surface area contributed by atoms with E-state index in [1.807, 2.05) is 32.0 Å². The number of aromatic amines is 2. The fourth-order valence-corrected chi connectivity index (χ4v) is 6.46. The molecule has 1 aliphatic heterocycles. The Bertz CT molecular complexity index is 1870. The molecule has 43 heavy (non-hydrogen) atoms. The Morgan fingerprint density at radius 3 is 2.79 bits per heavy atom. The first kappa shape index (κ1) is 28.7. The van der Waals surface area contributed by atoms with Gasteiger partial charge in [0.25, 0.3) is 0 Å². The highest BCUT2D eigenvalue weighted by Crippen LogP contribution is 2.47. The summed E-state index contributed by atoms with van der Waals surface area (Å²) in [7, 11) is 0. The smallest absolute Gasteiger partial charge is 0.303 e. The third kappa shape index (κ3) is 4.91. The van der Waals surface area contributed by atoms with Crippen LogP contribution in [0.1, 0.15) is 49.4 Å². The SMILES string of the molecule is CSc1c(Oc2ccc(F)c(-c3ncc([C@]4(C)CCOc5c([C@H](C)CC(=O)O)cccc54)[nH]3)c2)c(F)c(F)c2[nH]ccc12. The van der Waals surface area contributed by atoms with E-state index in [-0.39, 0.29) is 40.7 Å². The number of aliphatic carboxylic acids is 1. The van der Waals surface area contributed by atoms with Crippen LogP contribution in [0.5, 0.6) is 17.2 Å². The number of hydrogen-bond acceptors (Lipinski definition) is 5. The van der Waals surface area contributed by atoms with Crippen LogP contribution in [0.3, 0.4) is 0 Å². The van der Waals surface area contributed by atoms with Crippen molar-refractivity contribution in [1.82, 2.24) is 15.0 Å². The van der Waals surface area contributed by atoms with Crippen molar-refractivity contribution in [2.45, 2.75) is 42.9 Å². The van der Waals surface area contributed by atoms with Gasteiger partial charge in [0.15, 0.2) is 11.6 Å². The number of H-pyrrole nitrogens is 2. The minimum absolute atomic E-state index is 0.0313. The first-order valence-corrected chi connectivity index (χ1v) is 14.9. The van der Waals surface area contributed by atoms with Gasteiger partial charge in [-0.05, 0) is 55.3 Å². The fraction of sp³-hybridized carbons (Fsp3) is 0.250. The second kappa shape index (κ2) is 11.0. The van der Waals surface area contributed by atoms with Crippen LogP contribution >= 0.6 is 11.8 Å². The van der Waals surface area contributed by atoms with Crippen LogP contribution in [0.4, 0.5) is 13.2 Å². The molecule has 0 saturated carbocycles. The van der Waals surface area contributed by atoms with Gasteiger partial charge in [0.1, 0.15) is 23.1 Å². The van der Waals surface area contributed by atoms with Crippen molar-refractivity contribution in [3.63, 3.8) is 0 Å². The molecule has 11 heteroatoms. The van der Waals surface area contributed by atoms with Crippen molar-refractivity contribution in [1.29, 1.82) is 0 Å². The highest BCUT2D eigenvalue weighted by atomic mass is 32.2. The molecule has 0 bridgehead atoms. The number of benzene rings is 3. The molecule has 0 saturated heterocycles. The summed E-state index contributed by atoms with van der Waals surface area (Å²) in [4.78, 5) is 22.2. The average molecular weight is 608 g/mol. The van der Waals surface area contributed by atoms with Gasteiger partial charge >= 0.3 is 5.97 Å². The second-order valence-corrected chi connectivity index (χ2v) is 11.6. The van der Waals surface area contributed by atoms with E-state index in [0.717, 1.165) is 16.8 Å². The number of nitrogens with zero attached hydrogens (tertiary/aromatic N) is 1. The lowest BCUT2D eigenvalue weighted by atomic mass is 9.74. The molecule has 0 spiro atoms. The summed E-state index contributed by atoms with van der Waals surface area (Å²) in [5.41, 5.74) is 1.97. The number of rotatable bonds is 8. The summed E-state index contributed by atoms with van der Waals surface area (Å²) in [6.45, 7) is 4.28. The fourth-order valence-electron chi connectivity index (χ4n) is 5.75. The number of halogens is 3. The Balaban J connectivity index is 1.36. The number of nitrogens with one attached hydrogen (secondary N) is 2. The number of ether oxygens (including phenoxy) is 2. The van der Waals surface area contributed by atoms with E-state index >= 15 is 8.78 Å². The quantitative estimate of drug-likeness (QED) is 0.154. The molecule has 3 N–H and O–H groups in total. The molecule has 0 radical (unpaired) electrons. The topological polar surface area (TPSA) is 100 Å².